The second kappa shape index (κ2) is 9.47. The highest BCUT2D eigenvalue weighted by molar-refractivity contribution is 6.10. The number of carbonyl (C=O) groups excluding carboxylic acids is 1. The second-order valence-electron chi connectivity index (χ2n) is 9.21. The van der Waals surface area contributed by atoms with E-state index in [2.05, 4.69) is 39.7 Å². The Bertz CT molecular complexity index is 1530. The summed E-state index contributed by atoms with van der Waals surface area (Å²) >= 11 is 0. The van der Waals surface area contributed by atoms with Gasteiger partial charge in [-0.15, -0.1) is 5.10 Å². The molecule has 4 heterocycles. The quantitative estimate of drug-likeness (QED) is 0.411. The van der Waals surface area contributed by atoms with Crippen molar-refractivity contribution in [3.63, 3.8) is 0 Å². The zero-order chi connectivity index (χ0) is 24.5. The van der Waals surface area contributed by atoms with Crippen LogP contribution in [0.1, 0.15) is 35.2 Å². The molecule has 3 aromatic heterocycles. The topological polar surface area (TPSA) is 88.8 Å². The Labute approximate surface area is 209 Å². The molecule has 0 unspecified atom stereocenters. The third-order valence-corrected chi connectivity index (χ3v) is 6.90. The van der Waals surface area contributed by atoms with Gasteiger partial charge in [0.1, 0.15) is 11.3 Å². The molecule has 1 atom stereocenters. The number of pyridine rings is 2. The second-order valence-corrected chi connectivity index (χ2v) is 9.21. The van der Waals surface area contributed by atoms with E-state index in [4.69, 9.17) is 4.98 Å². The van der Waals surface area contributed by atoms with Gasteiger partial charge in [-0.1, -0.05) is 23.4 Å². The van der Waals surface area contributed by atoms with Gasteiger partial charge < -0.3 is 5.32 Å². The molecule has 180 valence electrons. The Balaban J connectivity index is 1.41. The number of hydrogen-bond donors (Lipinski definition) is 1. The molecule has 1 fully saturated rings. The van der Waals surface area contributed by atoms with Crippen LogP contribution in [0.5, 0.6) is 0 Å². The van der Waals surface area contributed by atoms with Crippen LogP contribution in [0.15, 0.2) is 73.1 Å². The molecule has 5 aromatic rings. The highest BCUT2D eigenvalue weighted by Gasteiger charge is 2.29. The summed E-state index contributed by atoms with van der Waals surface area (Å²) in [5.74, 6) is 0.691. The molecule has 1 aliphatic rings. The lowest BCUT2D eigenvalue weighted by Crippen LogP contribution is -2.42. The van der Waals surface area contributed by atoms with E-state index < -0.39 is 0 Å². The van der Waals surface area contributed by atoms with E-state index >= 15 is 0 Å². The van der Waals surface area contributed by atoms with Crippen molar-refractivity contribution in [1.82, 2.24) is 30.3 Å². The molecule has 1 amide bonds. The third-order valence-electron chi connectivity index (χ3n) is 6.90. The van der Waals surface area contributed by atoms with Crippen LogP contribution < -0.4 is 10.2 Å². The van der Waals surface area contributed by atoms with Gasteiger partial charge in [0.25, 0.3) is 5.91 Å². The Morgan fingerprint density at radius 3 is 2.75 bits per heavy atom. The van der Waals surface area contributed by atoms with Crippen LogP contribution in [0.4, 0.5) is 5.82 Å². The van der Waals surface area contributed by atoms with Gasteiger partial charge in [-0.2, -0.15) is 4.68 Å². The number of rotatable bonds is 4. The lowest BCUT2D eigenvalue weighted by Gasteiger charge is -2.31. The van der Waals surface area contributed by atoms with Crippen molar-refractivity contribution in [3.05, 3.63) is 84.2 Å². The largest absolute Gasteiger partial charge is 0.317 e. The SMILES string of the molecule is Cc1cccc2ccnc(N(C(=O)c3ccc(-n4nnc5cccnc54)cc3)[C@@H]3CCCNCC3)c12. The maximum atomic E-state index is 14.1. The molecule has 8 nitrogen and oxygen atoms in total. The average molecular weight is 478 g/mol. The van der Waals surface area contributed by atoms with E-state index in [1.165, 1.54) is 0 Å². The van der Waals surface area contributed by atoms with Crippen molar-refractivity contribution >= 4 is 33.7 Å². The molecule has 1 N–H and O–H groups in total. The van der Waals surface area contributed by atoms with Gasteiger partial charge in [0, 0.05) is 29.4 Å². The van der Waals surface area contributed by atoms with Crippen molar-refractivity contribution in [2.45, 2.75) is 32.2 Å². The summed E-state index contributed by atoms with van der Waals surface area (Å²) in [6, 6.07) is 19.5. The number of aryl methyl sites for hydroxylation is 1. The van der Waals surface area contributed by atoms with Gasteiger partial charge in [-0.3, -0.25) is 9.69 Å². The molecule has 0 saturated carbocycles. The van der Waals surface area contributed by atoms with Gasteiger partial charge in [0.15, 0.2) is 5.65 Å². The molecule has 6 rings (SSSR count). The van der Waals surface area contributed by atoms with Gasteiger partial charge >= 0.3 is 0 Å². The molecule has 0 spiro atoms. The number of carbonyl (C=O) groups is 1. The van der Waals surface area contributed by atoms with Gasteiger partial charge in [-0.05, 0) is 92.7 Å². The third kappa shape index (κ3) is 3.99. The summed E-state index contributed by atoms with van der Waals surface area (Å²) in [5.41, 5.74) is 3.93. The number of benzene rings is 2. The number of fused-ring (bicyclic) bond motifs is 2. The minimum absolute atomic E-state index is 0.0433. The highest BCUT2D eigenvalue weighted by atomic mass is 16.2. The smallest absolute Gasteiger partial charge is 0.259 e. The number of nitrogens with zero attached hydrogens (tertiary/aromatic N) is 6. The van der Waals surface area contributed by atoms with Crippen LogP contribution in [-0.4, -0.2) is 50.0 Å². The maximum Gasteiger partial charge on any atom is 0.259 e. The first-order chi connectivity index (χ1) is 17.7. The highest BCUT2D eigenvalue weighted by Crippen LogP contribution is 2.32. The van der Waals surface area contributed by atoms with E-state index in [1.54, 1.807) is 17.1 Å². The zero-order valence-corrected chi connectivity index (χ0v) is 20.1. The molecule has 0 aliphatic carbocycles. The molecular formula is C28H27N7O. The summed E-state index contributed by atoms with van der Waals surface area (Å²) in [7, 11) is 0. The molecule has 8 heteroatoms. The molecule has 1 saturated heterocycles. The first kappa shape index (κ1) is 22.3. The van der Waals surface area contributed by atoms with Crippen molar-refractivity contribution in [2.75, 3.05) is 18.0 Å². The predicted octanol–water partition coefficient (Wildman–Crippen LogP) is 4.46. The Morgan fingerprint density at radius 1 is 0.972 bits per heavy atom. The Morgan fingerprint density at radius 2 is 1.86 bits per heavy atom. The predicted molar refractivity (Wildman–Crippen MR) is 140 cm³/mol. The molecule has 36 heavy (non-hydrogen) atoms. The Hall–Kier alpha value is -4.17. The van der Waals surface area contributed by atoms with Gasteiger partial charge in [0.2, 0.25) is 0 Å². The summed E-state index contributed by atoms with van der Waals surface area (Å²) in [5, 5.41) is 14.0. The summed E-state index contributed by atoms with van der Waals surface area (Å²) in [6.45, 7) is 3.93. The van der Waals surface area contributed by atoms with Crippen LogP contribution in [0, 0.1) is 6.92 Å². The number of anilines is 1. The molecule has 0 radical (unpaired) electrons. The zero-order valence-electron chi connectivity index (χ0n) is 20.1. The Kier molecular flexibility index (Phi) is 5.87. The number of amides is 1. The normalized spacial score (nSPS) is 16.2. The average Bonchev–Trinajstić information content (AvgIpc) is 3.17. The van der Waals surface area contributed by atoms with Crippen LogP contribution >= 0.6 is 0 Å². The first-order valence-electron chi connectivity index (χ1n) is 12.4. The summed E-state index contributed by atoms with van der Waals surface area (Å²) < 4.78 is 1.69. The summed E-state index contributed by atoms with van der Waals surface area (Å²) in [4.78, 5) is 25.2. The molecule has 2 aromatic carbocycles. The lowest BCUT2D eigenvalue weighted by molar-refractivity contribution is 0.0974. The fourth-order valence-corrected chi connectivity index (χ4v) is 5.09. The van der Waals surface area contributed by atoms with Crippen LogP contribution in [0.3, 0.4) is 0 Å². The van der Waals surface area contributed by atoms with Crippen molar-refractivity contribution in [2.24, 2.45) is 0 Å². The van der Waals surface area contributed by atoms with Crippen LogP contribution in [0.2, 0.25) is 0 Å². The monoisotopic (exact) mass is 477 g/mol. The molecule has 1 aliphatic heterocycles. The van der Waals surface area contributed by atoms with E-state index in [0.29, 0.717) is 11.2 Å². The summed E-state index contributed by atoms with van der Waals surface area (Å²) in [6.07, 6.45) is 6.35. The number of hydrogen-bond acceptors (Lipinski definition) is 6. The molecular weight excluding hydrogens is 450 g/mol. The maximum absolute atomic E-state index is 14.1. The standard InChI is InChI=1S/C28H27N7O/c1-19-5-2-6-20-13-18-31-27(25(19)20)34(22-7-3-15-29-17-14-22)28(36)21-9-11-23(12-10-21)35-26-24(32-33-35)8-4-16-30-26/h2,4-6,8-13,16,18,22,29H,3,7,14-15,17H2,1H3/t22-/m1/s1. The van der Waals surface area contributed by atoms with Crippen molar-refractivity contribution < 1.29 is 4.79 Å². The fraction of sp³-hybridized carbons (Fsp3) is 0.250. The fourth-order valence-electron chi connectivity index (χ4n) is 5.09. The minimum atomic E-state index is -0.0433. The first-order valence-corrected chi connectivity index (χ1v) is 12.4. The van der Waals surface area contributed by atoms with E-state index in [0.717, 1.165) is 65.7 Å². The number of aromatic nitrogens is 5. The van der Waals surface area contributed by atoms with Gasteiger partial charge in [0.05, 0.1) is 5.69 Å². The lowest BCUT2D eigenvalue weighted by atomic mass is 10.0. The van der Waals surface area contributed by atoms with Crippen LogP contribution in [0.25, 0.3) is 27.6 Å². The minimum Gasteiger partial charge on any atom is -0.317 e. The van der Waals surface area contributed by atoms with Crippen LogP contribution in [-0.2, 0) is 0 Å². The molecule has 0 bridgehead atoms. The van der Waals surface area contributed by atoms with Crippen molar-refractivity contribution in [1.29, 1.82) is 0 Å². The number of nitrogens with one attached hydrogen (secondary N) is 1. The van der Waals surface area contributed by atoms with E-state index in [9.17, 15) is 4.79 Å². The van der Waals surface area contributed by atoms with E-state index in [-0.39, 0.29) is 11.9 Å². The van der Waals surface area contributed by atoms with Crippen molar-refractivity contribution in [3.8, 4) is 5.69 Å². The van der Waals surface area contributed by atoms with E-state index in [1.807, 2.05) is 53.4 Å². The van der Waals surface area contributed by atoms with Gasteiger partial charge in [-0.25, -0.2) is 9.97 Å².